The Labute approximate surface area is 111 Å². The minimum Gasteiger partial charge on any atom is -0.428 e. The van der Waals surface area contributed by atoms with Gasteiger partial charge in [0.1, 0.15) is 5.76 Å². The van der Waals surface area contributed by atoms with E-state index in [1.54, 1.807) is 6.07 Å². The SMILES string of the molecule is O=c1cc(-c2ccccc2)cc(C2CCOCC2)o1. The highest BCUT2D eigenvalue weighted by Gasteiger charge is 2.19. The normalized spacial score (nSPS) is 16.4. The lowest BCUT2D eigenvalue weighted by Gasteiger charge is -2.21. The maximum absolute atomic E-state index is 11.7. The zero-order valence-corrected chi connectivity index (χ0v) is 10.7. The minimum absolute atomic E-state index is 0.275. The Morgan fingerprint density at radius 3 is 2.42 bits per heavy atom. The van der Waals surface area contributed by atoms with Crippen LogP contribution >= 0.6 is 0 Å². The van der Waals surface area contributed by atoms with E-state index in [1.807, 2.05) is 36.4 Å². The smallest absolute Gasteiger partial charge is 0.336 e. The van der Waals surface area contributed by atoms with Crippen molar-refractivity contribution in [2.45, 2.75) is 18.8 Å². The van der Waals surface area contributed by atoms with Gasteiger partial charge in [0.2, 0.25) is 0 Å². The van der Waals surface area contributed by atoms with Crippen LogP contribution in [-0.2, 0) is 4.74 Å². The second-order valence-electron chi connectivity index (χ2n) is 4.82. The van der Waals surface area contributed by atoms with Crippen LogP contribution in [0.25, 0.3) is 11.1 Å². The summed E-state index contributed by atoms with van der Waals surface area (Å²) >= 11 is 0. The van der Waals surface area contributed by atoms with Gasteiger partial charge in [-0.3, -0.25) is 0 Å². The second kappa shape index (κ2) is 5.41. The van der Waals surface area contributed by atoms with Gasteiger partial charge in [-0.1, -0.05) is 30.3 Å². The molecule has 0 N–H and O–H groups in total. The first-order valence-electron chi connectivity index (χ1n) is 6.61. The van der Waals surface area contributed by atoms with Crippen LogP contribution in [0.3, 0.4) is 0 Å². The van der Waals surface area contributed by atoms with Crippen LogP contribution in [0.15, 0.2) is 51.7 Å². The fourth-order valence-electron chi connectivity index (χ4n) is 2.48. The Kier molecular flexibility index (Phi) is 3.47. The van der Waals surface area contributed by atoms with Gasteiger partial charge in [0.15, 0.2) is 0 Å². The summed E-state index contributed by atoms with van der Waals surface area (Å²) in [5, 5.41) is 0. The van der Waals surface area contributed by atoms with Gasteiger partial charge in [0.05, 0.1) is 0 Å². The monoisotopic (exact) mass is 256 g/mol. The van der Waals surface area contributed by atoms with E-state index in [9.17, 15) is 4.79 Å². The standard InChI is InChI=1S/C16H16O3/c17-16-11-14(12-4-2-1-3-5-12)10-15(19-16)13-6-8-18-9-7-13/h1-5,10-11,13H,6-9H2. The Balaban J connectivity index is 1.98. The lowest BCUT2D eigenvalue weighted by molar-refractivity contribution is 0.0799. The van der Waals surface area contributed by atoms with Crippen molar-refractivity contribution in [3.8, 4) is 11.1 Å². The van der Waals surface area contributed by atoms with Crippen molar-refractivity contribution in [1.29, 1.82) is 0 Å². The van der Waals surface area contributed by atoms with E-state index in [-0.39, 0.29) is 5.63 Å². The highest BCUT2D eigenvalue weighted by atomic mass is 16.5. The van der Waals surface area contributed by atoms with E-state index in [0.29, 0.717) is 5.92 Å². The molecule has 1 aromatic heterocycles. The molecule has 1 aliphatic rings. The summed E-state index contributed by atoms with van der Waals surface area (Å²) in [5.74, 6) is 1.08. The topological polar surface area (TPSA) is 39.4 Å². The van der Waals surface area contributed by atoms with Crippen LogP contribution in [0.2, 0.25) is 0 Å². The molecule has 3 rings (SSSR count). The molecule has 0 atom stereocenters. The molecule has 2 aromatic rings. The summed E-state index contributed by atoms with van der Waals surface area (Å²) in [5.41, 5.74) is 1.70. The van der Waals surface area contributed by atoms with Crippen LogP contribution < -0.4 is 5.63 Å². The number of benzene rings is 1. The third kappa shape index (κ3) is 2.76. The first kappa shape index (κ1) is 12.2. The average molecular weight is 256 g/mol. The molecule has 1 aromatic carbocycles. The van der Waals surface area contributed by atoms with Gasteiger partial charge in [0.25, 0.3) is 0 Å². The first-order valence-corrected chi connectivity index (χ1v) is 6.61. The summed E-state index contributed by atoms with van der Waals surface area (Å²) in [4.78, 5) is 11.7. The number of hydrogen-bond acceptors (Lipinski definition) is 3. The number of ether oxygens (including phenoxy) is 1. The molecule has 3 nitrogen and oxygen atoms in total. The van der Waals surface area contributed by atoms with E-state index < -0.39 is 0 Å². The first-order chi connectivity index (χ1) is 9.33. The Morgan fingerprint density at radius 2 is 1.68 bits per heavy atom. The molecule has 1 saturated heterocycles. The lowest BCUT2D eigenvalue weighted by Crippen LogP contribution is -2.15. The van der Waals surface area contributed by atoms with Crippen LogP contribution in [0.5, 0.6) is 0 Å². The Hall–Kier alpha value is -1.87. The van der Waals surface area contributed by atoms with Gasteiger partial charge in [-0.05, 0) is 30.0 Å². The molecule has 0 spiro atoms. The van der Waals surface area contributed by atoms with Crippen LogP contribution in [0, 0.1) is 0 Å². The highest BCUT2D eigenvalue weighted by Crippen LogP contribution is 2.28. The molecule has 1 aliphatic heterocycles. The van der Waals surface area contributed by atoms with Crippen LogP contribution in [0.1, 0.15) is 24.5 Å². The Morgan fingerprint density at radius 1 is 0.947 bits per heavy atom. The van der Waals surface area contributed by atoms with Gasteiger partial charge in [-0.25, -0.2) is 4.79 Å². The molecule has 98 valence electrons. The minimum atomic E-state index is -0.275. The van der Waals surface area contributed by atoms with Crippen molar-refractivity contribution in [3.05, 3.63) is 58.6 Å². The molecule has 3 heteroatoms. The van der Waals surface area contributed by atoms with E-state index in [1.165, 1.54) is 0 Å². The summed E-state index contributed by atoms with van der Waals surface area (Å²) in [6.45, 7) is 1.48. The summed E-state index contributed by atoms with van der Waals surface area (Å²) in [7, 11) is 0. The summed E-state index contributed by atoms with van der Waals surface area (Å²) in [6.07, 6.45) is 1.84. The van der Waals surface area contributed by atoms with Crippen molar-refractivity contribution >= 4 is 0 Å². The van der Waals surface area contributed by atoms with Crippen molar-refractivity contribution in [1.82, 2.24) is 0 Å². The molecule has 19 heavy (non-hydrogen) atoms. The highest BCUT2D eigenvalue weighted by molar-refractivity contribution is 5.62. The zero-order chi connectivity index (χ0) is 13.1. The van der Waals surface area contributed by atoms with Gasteiger partial charge >= 0.3 is 5.63 Å². The lowest BCUT2D eigenvalue weighted by atomic mass is 9.95. The fraction of sp³-hybridized carbons (Fsp3) is 0.312. The number of hydrogen-bond donors (Lipinski definition) is 0. The second-order valence-corrected chi connectivity index (χ2v) is 4.82. The molecule has 0 saturated carbocycles. The molecular weight excluding hydrogens is 240 g/mol. The van der Waals surface area contributed by atoms with Crippen molar-refractivity contribution in [2.75, 3.05) is 13.2 Å². The largest absolute Gasteiger partial charge is 0.428 e. The van der Waals surface area contributed by atoms with Gasteiger partial charge in [0, 0.05) is 25.2 Å². The van der Waals surface area contributed by atoms with Crippen molar-refractivity contribution in [2.24, 2.45) is 0 Å². The van der Waals surface area contributed by atoms with E-state index in [4.69, 9.17) is 9.15 Å². The van der Waals surface area contributed by atoms with Crippen molar-refractivity contribution in [3.63, 3.8) is 0 Å². The molecule has 0 radical (unpaired) electrons. The molecule has 0 unspecified atom stereocenters. The van der Waals surface area contributed by atoms with E-state index in [2.05, 4.69) is 0 Å². The predicted octanol–water partition coefficient (Wildman–Crippen LogP) is 3.20. The predicted molar refractivity (Wildman–Crippen MR) is 73.2 cm³/mol. The van der Waals surface area contributed by atoms with Gasteiger partial charge in [-0.15, -0.1) is 0 Å². The molecule has 0 aliphatic carbocycles. The van der Waals surface area contributed by atoms with Crippen molar-refractivity contribution < 1.29 is 9.15 Å². The zero-order valence-electron chi connectivity index (χ0n) is 10.7. The fourth-order valence-corrected chi connectivity index (χ4v) is 2.48. The van der Waals surface area contributed by atoms with Crippen LogP contribution in [0.4, 0.5) is 0 Å². The quantitative estimate of drug-likeness (QED) is 0.828. The molecule has 2 heterocycles. The molecule has 0 bridgehead atoms. The molecule has 1 fully saturated rings. The third-order valence-electron chi connectivity index (χ3n) is 3.52. The number of rotatable bonds is 2. The van der Waals surface area contributed by atoms with E-state index in [0.717, 1.165) is 42.9 Å². The van der Waals surface area contributed by atoms with Gasteiger partial charge in [-0.2, -0.15) is 0 Å². The van der Waals surface area contributed by atoms with Crippen LogP contribution in [-0.4, -0.2) is 13.2 Å². The van der Waals surface area contributed by atoms with E-state index >= 15 is 0 Å². The van der Waals surface area contributed by atoms with Gasteiger partial charge < -0.3 is 9.15 Å². The maximum Gasteiger partial charge on any atom is 0.336 e. The molecule has 0 amide bonds. The third-order valence-corrected chi connectivity index (χ3v) is 3.52. The molecular formula is C16H16O3. The Bertz CT molecular complexity index is 595. The maximum atomic E-state index is 11.7. The average Bonchev–Trinajstić information content (AvgIpc) is 2.48. The summed E-state index contributed by atoms with van der Waals surface area (Å²) < 4.78 is 10.7. The summed E-state index contributed by atoms with van der Waals surface area (Å²) in [6, 6.07) is 13.5.